The fourth-order valence-electron chi connectivity index (χ4n) is 7.22. The first-order chi connectivity index (χ1) is 15.8. The fourth-order valence-corrected chi connectivity index (χ4v) is 7.22. The summed E-state index contributed by atoms with van der Waals surface area (Å²) >= 11 is 0. The van der Waals surface area contributed by atoms with Gasteiger partial charge in [-0.15, -0.1) is 0 Å². The number of aliphatic hydroxyl groups is 1. The second-order valence-electron chi connectivity index (χ2n) is 12.7. The molecule has 6 nitrogen and oxygen atoms in total. The predicted molar refractivity (Wildman–Crippen MR) is 127 cm³/mol. The topological polar surface area (TPSA) is 82.1 Å². The summed E-state index contributed by atoms with van der Waals surface area (Å²) < 4.78 is 18.6. The Hall–Kier alpha value is -1.50. The molecular weight excluding hydrogens is 432 g/mol. The Kier molecular flexibility index (Phi) is 5.34. The number of Topliss-reactive ketones (excluding diaryl/α,β-unsaturated/α-hetero) is 1. The van der Waals surface area contributed by atoms with E-state index >= 15 is 0 Å². The number of ketones is 1. The standard InChI is InChI=1S/C28H40O6/c1-15-13-27-17(3)11-16(2)25(4,5)20(21(27)29)12-19-14-32-26(6,7)34-23(19)28(27,31)22(15)33-24(30)18-9-8-10-18/h12-13,16-18,20,22-23,31H,8-11,14H2,1-7H3/t16?,17-,20?,22?,23?,27?,28?/m1/s1. The van der Waals surface area contributed by atoms with Crippen molar-refractivity contribution >= 4 is 11.8 Å². The smallest absolute Gasteiger partial charge is 0.309 e. The quantitative estimate of drug-likeness (QED) is 0.475. The molecule has 7 atom stereocenters. The molecule has 1 aliphatic heterocycles. The lowest BCUT2D eigenvalue weighted by Gasteiger charge is -2.52. The van der Waals surface area contributed by atoms with E-state index in [-0.39, 0.29) is 41.5 Å². The van der Waals surface area contributed by atoms with Crippen molar-refractivity contribution in [1.82, 2.24) is 0 Å². The van der Waals surface area contributed by atoms with E-state index < -0.39 is 34.9 Å². The average molecular weight is 473 g/mol. The lowest BCUT2D eigenvalue weighted by molar-refractivity contribution is -0.304. The van der Waals surface area contributed by atoms with Crippen molar-refractivity contribution in [2.75, 3.05) is 6.61 Å². The zero-order chi connectivity index (χ0) is 24.8. The molecule has 34 heavy (non-hydrogen) atoms. The first kappa shape index (κ1) is 24.2. The molecule has 6 heteroatoms. The highest BCUT2D eigenvalue weighted by molar-refractivity contribution is 5.95. The molecule has 0 radical (unpaired) electrons. The van der Waals surface area contributed by atoms with Crippen LogP contribution in [-0.2, 0) is 23.8 Å². The lowest BCUT2D eigenvalue weighted by Crippen LogP contribution is -2.68. The van der Waals surface area contributed by atoms with Gasteiger partial charge in [0.15, 0.2) is 23.3 Å². The van der Waals surface area contributed by atoms with E-state index in [0.717, 1.165) is 36.8 Å². The molecule has 1 spiro atoms. The van der Waals surface area contributed by atoms with Gasteiger partial charge in [0.2, 0.25) is 0 Å². The average Bonchev–Trinajstić information content (AvgIpc) is 2.86. The Bertz CT molecular complexity index is 971. The van der Waals surface area contributed by atoms with Crippen LogP contribution in [0.2, 0.25) is 0 Å². The maximum atomic E-state index is 14.6. The molecule has 188 valence electrons. The molecule has 3 fully saturated rings. The van der Waals surface area contributed by atoms with Gasteiger partial charge in [-0.1, -0.05) is 46.3 Å². The molecule has 0 aromatic carbocycles. The van der Waals surface area contributed by atoms with Gasteiger partial charge in [0, 0.05) is 5.92 Å². The summed E-state index contributed by atoms with van der Waals surface area (Å²) in [6.45, 7) is 14.3. The first-order valence-corrected chi connectivity index (χ1v) is 12.9. The van der Waals surface area contributed by atoms with Gasteiger partial charge in [-0.3, -0.25) is 9.59 Å². The third-order valence-corrected chi connectivity index (χ3v) is 9.96. The zero-order valence-electron chi connectivity index (χ0n) is 21.6. The van der Waals surface area contributed by atoms with Gasteiger partial charge >= 0.3 is 5.97 Å². The monoisotopic (exact) mass is 472 g/mol. The molecule has 1 heterocycles. The summed E-state index contributed by atoms with van der Waals surface area (Å²) in [5.74, 6) is -1.67. The van der Waals surface area contributed by atoms with Gasteiger partial charge in [0.1, 0.15) is 6.10 Å². The molecule has 0 amide bonds. The number of hydrogen-bond acceptors (Lipinski definition) is 6. The van der Waals surface area contributed by atoms with Crippen molar-refractivity contribution in [2.45, 2.75) is 97.7 Å². The van der Waals surface area contributed by atoms with Gasteiger partial charge < -0.3 is 19.3 Å². The minimum absolute atomic E-state index is 0.00157. The van der Waals surface area contributed by atoms with Crippen molar-refractivity contribution in [3.8, 4) is 0 Å². The minimum atomic E-state index is -1.74. The van der Waals surface area contributed by atoms with Crippen LogP contribution in [0.25, 0.3) is 0 Å². The highest BCUT2D eigenvalue weighted by Crippen LogP contribution is 2.64. The van der Waals surface area contributed by atoms with Crippen LogP contribution >= 0.6 is 0 Å². The second kappa shape index (κ2) is 7.50. The van der Waals surface area contributed by atoms with Crippen LogP contribution < -0.4 is 0 Å². The molecule has 6 unspecified atom stereocenters. The van der Waals surface area contributed by atoms with Crippen LogP contribution in [0.15, 0.2) is 23.3 Å². The number of ether oxygens (including phenoxy) is 3. The summed E-state index contributed by atoms with van der Waals surface area (Å²) in [4.78, 5) is 27.7. The van der Waals surface area contributed by atoms with Gasteiger partial charge in [-0.05, 0) is 68.4 Å². The summed E-state index contributed by atoms with van der Waals surface area (Å²) in [5.41, 5.74) is -1.77. The van der Waals surface area contributed by atoms with Gasteiger partial charge in [-0.2, -0.15) is 0 Å². The van der Waals surface area contributed by atoms with Crippen molar-refractivity contribution in [1.29, 1.82) is 0 Å². The largest absolute Gasteiger partial charge is 0.454 e. The Morgan fingerprint density at radius 1 is 1.15 bits per heavy atom. The number of hydrogen-bond donors (Lipinski definition) is 1. The second-order valence-corrected chi connectivity index (χ2v) is 12.7. The Morgan fingerprint density at radius 3 is 2.44 bits per heavy atom. The number of rotatable bonds is 2. The highest BCUT2D eigenvalue weighted by atomic mass is 16.7. The van der Waals surface area contributed by atoms with Crippen LogP contribution in [0.1, 0.15) is 74.1 Å². The molecular formula is C28H40O6. The van der Waals surface area contributed by atoms with Gasteiger partial charge in [0.05, 0.1) is 17.9 Å². The van der Waals surface area contributed by atoms with Gasteiger partial charge in [-0.25, -0.2) is 0 Å². The van der Waals surface area contributed by atoms with E-state index in [9.17, 15) is 14.7 Å². The number of carbonyl (C=O) groups excluding carboxylic acids is 2. The van der Waals surface area contributed by atoms with Crippen molar-refractivity contribution in [3.05, 3.63) is 23.3 Å². The molecule has 5 aliphatic rings. The summed E-state index contributed by atoms with van der Waals surface area (Å²) in [6, 6.07) is 0. The highest BCUT2D eigenvalue weighted by Gasteiger charge is 2.74. The molecule has 0 aromatic rings. The fraction of sp³-hybridized carbons (Fsp3) is 0.786. The van der Waals surface area contributed by atoms with E-state index in [4.69, 9.17) is 14.2 Å². The number of carbonyl (C=O) groups is 2. The van der Waals surface area contributed by atoms with Crippen LogP contribution in [-0.4, -0.2) is 47.1 Å². The van der Waals surface area contributed by atoms with E-state index in [1.807, 2.05) is 32.9 Å². The maximum absolute atomic E-state index is 14.6. The molecule has 5 rings (SSSR count). The third-order valence-electron chi connectivity index (χ3n) is 9.96. The van der Waals surface area contributed by atoms with Crippen molar-refractivity contribution < 1.29 is 28.9 Å². The van der Waals surface area contributed by atoms with E-state index in [2.05, 4.69) is 27.7 Å². The Morgan fingerprint density at radius 2 is 1.82 bits per heavy atom. The van der Waals surface area contributed by atoms with Crippen LogP contribution in [0, 0.1) is 34.5 Å². The number of esters is 1. The van der Waals surface area contributed by atoms with E-state index in [1.165, 1.54) is 0 Å². The molecule has 2 bridgehead atoms. The van der Waals surface area contributed by atoms with Crippen LogP contribution in [0.5, 0.6) is 0 Å². The third kappa shape index (κ3) is 3.04. The van der Waals surface area contributed by atoms with Crippen LogP contribution in [0.3, 0.4) is 0 Å². The molecule has 1 saturated heterocycles. The van der Waals surface area contributed by atoms with Crippen molar-refractivity contribution in [3.63, 3.8) is 0 Å². The normalized spacial score (nSPS) is 45.1. The van der Waals surface area contributed by atoms with Crippen molar-refractivity contribution in [2.24, 2.45) is 34.5 Å². The van der Waals surface area contributed by atoms with Crippen LogP contribution in [0.4, 0.5) is 0 Å². The Labute approximate surface area is 203 Å². The SMILES string of the molecule is CC1=CC23C(=O)C(C=C4COC(C)(C)OC4C2(O)C1OC(=O)C1CCC1)C(C)(C)C(C)C[C@H]3C. The number of fused-ring (bicyclic) bond motifs is 3. The predicted octanol–water partition coefficient (Wildman–Crippen LogP) is 4.35. The van der Waals surface area contributed by atoms with E-state index in [1.54, 1.807) is 0 Å². The molecule has 4 aliphatic carbocycles. The molecule has 0 aromatic heterocycles. The Balaban J connectivity index is 1.72. The lowest BCUT2D eigenvalue weighted by atomic mass is 9.59. The van der Waals surface area contributed by atoms with Gasteiger partial charge in [0.25, 0.3) is 0 Å². The summed E-state index contributed by atoms with van der Waals surface area (Å²) in [5, 5.41) is 12.9. The summed E-state index contributed by atoms with van der Waals surface area (Å²) in [6.07, 6.45) is 5.60. The maximum Gasteiger partial charge on any atom is 0.309 e. The summed E-state index contributed by atoms with van der Waals surface area (Å²) in [7, 11) is 0. The molecule has 1 N–H and O–H groups in total. The first-order valence-electron chi connectivity index (χ1n) is 12.9. The zero-order valence-corrected chi connectivity index (χ0v) is 21.6. The van der Waals surface area contributed by atoms with E-state index in [0.29, 0.717) is 0 Å². The molecule has 2 saturated carbocycles. The number of allylic oxidation sites excluding steroid dienone is 1. The minimum Gasteiger partial charge on any atom is -0.454 e.